The van der Waals surface area contributed by atoms with Crippen molar-refractivity contribution in [1.82, 2.24) is 0 Å². The minimum absolute atomic E-state index is 0.0491. The third-order valence-electron chi connectivity index (χ3n) is 2.63. The van der Waals surface area contributed by atoms with Gasteiger partial charge in [0.25, 0.3) is 0 Å². The Morgan fingerprint density at radius 2 is 1.47 bits per heavy atom. The van der Waals surface area contributed by atoms with E-state index in [1.165, 1.54) is 6.08 Å². The summed E-state index contributed by atoms with van der Waals surface area (Å²) in [6.07, 6.45) is 4.05. The predicted molar refractivity (Wildman–Crippen MR) is 79.3 cm³/mol. The lowest BCUT2D eigenvalue weighted by molar-refractivity contribution is 0.104. The van der Waals surface area contributed by atoms with Gasteiger partial charge in [-0.05, 0) is 35.9 Å². The van der Waals surface area contributed by atoms with Gasteiger partial charge in [0.2, 0.25) is 0 Å². The van der Waals surface area contributed by atoms with Crippen molar-refractivity contribution in [2.75, 3.05) is 0 Å². The second-order valence-corrected chi connectivity index (χ2v) is 4.90. The highest BCUT2D eigenvalue weighted by molar-refractivity contribution is 9.10. The van der Waals surface area contributed by atoms with E-state index in [1.807, 2.05) is 12.1 Å². The van der Waals surface area contributed by atoms with E-state index in [1.54, 1.807) is 42.5 Å². The van der Waals surface area contributed by atoms with E-state index in [2.05, 4.69) is 15.9 Å². The Bertz CT molecular complexity index is 610. The van der Waals surface area contributed by atoms with Gasteiger partial charge >= 0.3 is 0 Å². The number of carbonyl (C=O) groups is 2. The van der Waals surface area contributed by atoms with Gasteiger partial charge in [0, 0.05) is 15.6 Å². The van der Waals surface area contributed by atoms with Gasteiger partial charge < -0.3 is 0 Å². The van der Waals surface area contributed by atoms with Crippen LogP contribution in [0.25, 0.3) is 6.08 Å². The summed E-state index contributed by atoms with van der Waals surface area (Å²) in [7, 11) is 0. The molecule has 0 saturated heterocycles. The molecule has 0 fully saturated rings. The number of rotatable bonds is 4. The van der Waals surface area contributed by atoms with Crippen molar-refractivity contribution in [2.24, 2.45) is 0 Å². The van der Waals surface area contributed by atoms with Gasteiger partial charge in [-0.1, -0.05) is 46.3 Å². The van der Waals surface area contributed by atoms with Crippen LogP contribution in [0.15, 0.2) is 59.1 Å². The first-order valence-corrected chi connectivity index (χ1v) is 6.51. The molecule has 0 atom stereocenters. The average molecular weight is 315 g/mol. The molecule has 19 heavy (non-hydrogen) atoms. The first kappa shape index (κ1) is 13.4. The first-order valence-electron chi connectivity index (χ1n) is 5.72. The van der Waals surface area contributed by atoms with Gasteiger partial charge in [-0.25, -0.2) is 0 Å². The van der Waals surface area contributed by atoms with Gasteiger partial charge in [0.1, 0.15) is 6.29 Å². The molecule has 2 rings (SSSR count). The lowest BCUT2D eigenvalue weighted by Gasteiger charge is -1.97. The Balaban J connectivity index is 2.10. The fraction of sp³-hybridized carbons (Fsp3) is 0. The van der Waals surface area contributed by atoms with Gasteiger partial charge in [0.05, 0.1) is 0 Å². The molecular weight excluding hydrogens is 304 g/mol. The van der Waals surface area contributed by atoms with E-state index >= 15 is 0 Å². The van der Waals surface area contributed by atoms with Gasteiger partial charge in [0.15, 0.2) is 5.78 Å². The Hall–Kier alpha value is -2.00. The van der Waals surface area contributed by atoms with E-state index in [-0.39, 0.29) is 5.78 Å². The topological polar surface area (TPSA) is 34.1 Å². The summed E-state index contributed by atoms with van der Waals surface area (Å²) in [4.78, 5) is 22.4. The maximum absolute atomic E-state index is 11.9. The van der Waals surface area contributed by atoms with Crippen molar-refractivity contribution in [3.8, 4) is 0 Å². The largest absolute Gasteiger partial charge is 0.298 e. The van der Waals surface area contributed by atoms with Crippen LogP contribution >= 0.6 is 15.9 Å². The molecule has 0 spiro atoms. The number of halogens is 1. The second kappa shape index (κ2) is 6.25. The van der Waals surface area contributed by atoms with Crippen molar-refractivity contribution in [1.29, 1.82) is 0 Å². The molecule has 2 aromatic rings. The zero-order chi connectivity index (χ0) is 13.7. The predicted octanol–water partition coefficient (Wildman–Crippen LogP) is 4.16. The Kier molecular flexibility index (Phi) is 4.42. The molecule has 94 valence electrons. The Morgan fingerprint density at radius 1 is 0.895 bits per heavy atom. The van der Waals surface area contributed by atoms with Crippen molar-refractivity contribution in [3.63, 3.8) is 0 Å². The van der Waals surface area contributed by atoms with Crippen LogP contribution in [0.3, 0.4) is 0 Å². The number of hydrogen-bond acceptors (Lipinski definition) is 2. The lowest BCUT2D eigenvalue weighted by Crippen LogP contribution is -1.93. The molecule has 2 nitrogen and oxygen atoms in total. The highest BCUT2D eigenvalue weighted by Crippen LogP contribution is 2.12. The molecule has 0 amide bonds. The molecule has 0 radical (unpaired) electrons. The summed E-state index contributed by atoms with van der Waals surface area (Å²) < 4.78 is 0.942. The van der Waals surface area contributed by atoms with Crippen LogP contribution in [-0.2, 0) is 0 Å². The van der Waals surface area contributed by atoms with Crippen LogP contribution < -0.4 is 0 Å². The minimum atomic E-state index is -0.0491. The molecule has 0 aliphatic heterocycles. The third-order valence-corrected chi connectivity index (χ3v) is 3.16. The minimum Gasteiger partial charge on any atom is -0.298 e. The van der Waals surface area contributed by atoms with Crippen LogP contribution in [0.5, 0.6) is 0 Å². The summed E-state index contributed by atoms with van der Waals surface area (Å²) in [5.41, 5.74) is 2.15. The number of ketones is 1. The quantitative estimate of drug-likeness (QED) is 0.482. The summed E-state index contributed by atoms with van der Waals surface area (Å²) in [6, 6.07) is 14.2. The smallest absolute Gasteiger partial charge is 0.185 e. The molecule has 0 aliphatic rings. The van der Waals surface area contributed by atoms with Crippen molar-refractivity contribution in [3.05, 3.63) is 75.8 Å². The number of hydrogen-bond donors (Lipinski definition) is 0. The van der Waals surface area contributed by atoms with E-state index in [9.17, 15) is 9.59 Å². The highest BCUT2D eigenvalue weighted by atomic mass is 79.9. The lowest BCUT2D eigenvalue weighted by atomic mass is 10.1. The van der Waals surface area contributed by atoms with E-state index in [0.717, 1.165) is 16.3 Å². The molecule has 0 N–H and O–H groups in total. The third kappa shape index (κ3) is 3.73. The molecule has 0 aromatic heterocycles. The van der Waals surface area contributed by atoms with Gasteiger partial charge in [-0.2, -0.15) is 0 Å². The molecule has 0 unspecified atom stereocenters. The van der Waals surface area contributed by atoms with E-state index in [4.69, 9.17) is 0 Å². The molecule has 0 aliphatic carbocycles. The summed E-state index contributed by atoms with van der Waals surface area (Å²) in [5.74, 6) is -0.0491. The van der Waals surface area contributed by atoms with Crippen molar-refractivity contribution < 1.29 is 9.59 Å². The molecule has 0 heterocycles. The average Bonchev–Trinajstić information content (AvgIpc) is 2.46. The summed E-state index contributed by atoms with van der Waals surface area (Å²) in [6.45, 7) is 0. The normalized spacial score (nSPS) is 10.6. The number of carbonyl (C=O) groups excluding carboxylic acids is 2. The second-order valence-electron chi connectivity index (χ2n) is 3.99. The molecule has 0 saturated carbocycles. The SMILES string of the molecule is O=Cc1ccc(/C=C/C(=O)c2ccc(Br)cc2)cc1. The zero-order valence-corrected chi connectivity index (χ0v) is 11.6. The van der Waals surface area contributed by atoms with Crippen LogP contribution in [-0.4, -0.2) is 12.1 Å². The maximum atomic E-state index is 11.9. The Labute approximate surface area is 119 Å². The zero-order valence-electron chi connectivity index (χ0n) is 10.0. The monoisotopic (exact) mass is 314 g/mol. The summed E-state index contributed by atoms with van der Waals surface area (Å²) in [5, 5.41) is 0. The van der Waals surface area contributed by atoms with Crippen molar-refractivity contribution in [2.45, 2.75) is 0 Å². The molecule has 2 aromatic carbocycles. The van der Waals surface area contributed by atoms with Crippen LogP contribution in [0.2, 0.25) is 0 Å². The fourth-order valence-electron chi connectivity index (χ4n) is 1.57. The first-order chi connectivity index (χ1) is 9.19. The molecule has 0 bridgehead atoms. The fourth-order valence-corrected chi connectivity index (χ4v) is 1.83. The van der Waals surface area contributed by atoms with Crippen LogP contribution in [0.4, 0.5) is 0 Å². The van der Waals surface area contributed by atoms with Crippen LogP contribution in [0.1, 0.15) is 26.3 Å². The molecular formula is C16H11BrO2. The summed E-state index contributed by atoms with van der Waals surface area (Å²) >= 11 is 3.33. The maximum Gasteiger partial charge on any atom is 0.185 e. The van der Waals surface area contributed by atoms with Gasteiger partial charge in [-0.3, -0.25) is 9.59 Å². The highest BCUT2D eigenvalue weighted by Gasteiger charge is 2.00. The standard InChI is InChI=1S/C16H11BrO2/c17-15-8-6-14(7-9-15)16(19)10-5-12-1-3-13(11-18)4-2-12/h1-11H/b10-5+. The number of allylic oxidation sites excluding steroid dienone is 1. The van der Waals surface area contributed by atoms with Gasteiger partial charge in [-0.15, -0.1) is 0 Å². The molecule has 3 heteroatoms. The van der Waals surface area contributed by atoms with E-state index < -0.39 is 0 Å². The Morgan fingerprint density at radius 3 is 2.05 bits per heavy atom. The van der Waals surface area contributed by atoms with Crippen LogP contribution in [0, 0.1) is 0 Å². The van der Waals surface area contributed by atoms with Crippen molar-refractivity contribution >= 4 is 34.1 Å². The number of aldehydes is 1. The number of benzene rings is 2. The van der Waals surface area contributed by atoms with E-state index in [0.29, 0.717) is 11.1 Å².